The highest BCUT2D eigenvalue weighted by atomic mass is 19.4. The molecule has 0 radical (unpaired) electrons. The predicted molar refractivity (Wildman–Crippen MR) is 72.6 cm³/mol. The van der Waals surface area contributed by atoms with Gasteiger partial charge in [-0.25, -0.2) is 0 Å². The number of non-ortho nitro benzene ring substituents is 1. The number of halogens is 3. The predicted octanol–water partition coefficient (Wildman–Crippen LogP) is 2.39. The lowest BCUT2D eigenvalue weighted by Crippen LogP contribution is -2.36. The molecule has 118 valence electrons. The minimum Gasteiger partial charge on any atom is -0.395 e. The largest absolute Gasteiger partial charge is 0.405 e. The molecule has 0 spiro atoms. The summed E-state index contributed by atoms with van der Waals surface area (Å²) in [6.07, 6.45) is -4.47. The second-order valence-corrected chi connectivity index (χ2v) is 4.29. The normalized spacial score (nSPS) is 11.3. The van der Waals surface area contributed by atoms with Gasteiger partial charge in [0.25, 0.3) is 5.69 Å². The van der Waals surface area contributed by atoms with Gasteiger partial charge in [0.05, 0.1) is 11.5 Å². The fourth-order valence-electron chi connectivity index (χ4n) is 1.83. The molecule has 0 aromatic heterocycles. The molecule has 0 saturated carbocycles. The number of aliphatic hydroxyl groups is 1. The standard InChI is InChI=1S/C12H16F3N3O3/c1-2-16-9-5-10(7-11(6-9)18(20)21)17(3-4-19)8-12(13,14)15/h5-7,16,19H,2-4,8H2,1H3. The van der Waals surface area contributed by atoms with Crippen molar-refractivity contribution < 1.29 is 23.2 Å². The SMILES string of the molecule is CCNc1cc(N(CCO)CC(F)(F)F)cc([N+](=O)[O-])c1. The molecule has 21 heavy (non-hydrogen) atoms. The molecule has 0 amide bonds. The molecule has 0 unspecified atom stereocenters. The molecule has 1 rings (SSSR count). The van der Waals surface area contributed by atoms with Crippen molar-refractivity contribution in [3.63, 3.8) is 0 Å². The molecule has 9 heteroatoms. The number of hydrogen-bond acceptors (Lipinski definition) is 5. The van der Waals surface area contributed by atoms with Crippen LogP contribution in [0.1, 0.15) is 6.92 Å². The molecule has 0 aliphatic rings. The number of hydrogen-bond donors (Lipinski definition) is 2. The first-order valence-electron chi connectivity index (χ1n) is 6.22. The number of rotatable bonds is 7. The summed E-state index contributed by atoms with van der Waals surface area (Å²) in [5.41, 5.74) is 0.0758. The Morgan fingerprint density at radius 2 is 2.05 bits per heavy atom. The fourth-order valence-corrected chi connectivity index (χ4v) is 1.83. The Morgan fingerprint density at radius 3 is 2.52 bits per heavy atom. The van der Waals surface area contributed by atoms with Crippen LogP contribution in [-0.4, -0.2) is 42.4 Å². The van der Waals surface area contributed by atoms with E-state index in [0.29, 0.717) is 12.2 Å². The van der Waals surface area contributed by atoms with Crippen molar-refractivity contribution in [3.05, 3.63) is 28.3 Å². The average molecular weight is 307 g/mol. The third kappa shape index (κ3) is 5.46. The van der Waals surface area contributed by atoms with Crippen LogP contribution in [0.5, 0.6) is 0 Å². The average Bonchev–Trinajstić information content (AvgIpc) is 2.36. The van der Waals surface area contributed by atoms with Gasteiger partial charge in [-0.15, -0.1) is 0 Å². The number of alkyl halides is 3. The summed E-state index contributed by atoms with van der Waals surface area (Å²) >= 11 is 0. The Kier molecular flexibility index (Phi) is 5.77. The lowest BCUT2D eigenvalue weighted by atomic mass is 10.2. The molecule has 2 N–H and O–H groups in total. The van der Waals surface area contributed by atoms with E-state index in [2.05, 4.69) is 5.32 Å². The van der Waals surface area contributed by atoms with Crippen LogP contribution in [0.25, 0.3) is 0 Å². The minimum atomic E-state index is -4.47. The Morgan fingerprint density at radius 1 is 1.38 bits per heavy atom. The van der Waals surface area contributed by atoms with Gasteiger partial charge in [0.1, 0.15) is 6.54 Å². The maximum atomic E-state index is 12.5. The van der Waals surface area contributed by atoms with Crippen LogP contribution in [-0.2, 0) is 0 Å². The van der Waals surface area contributed by atoms with Gasteiger partial charge in [-0.05, 0) is 13.0 Å². The van der Waals surface area contributed by atoms with Crippen LogP contribution in [0.15, 0.2) is 18.2 Å². The molecule has 1 aromatic carbocycles. The highest BCUT2D eigenvalue weighted by Crippen LogP contribution is 2.29. The summed E-state index contributed by atoms with van der Waals surface area (Å²) in [6.45, 7) is 0.182. The van der Waals surface area contributed by atoms with Gasteiger partial charge in [-0.3, -0.25) is 10.1 Å². The van der Waals surface area contributed by atoms with Crippen LogP contribution >= 0.6 is 0 Å². The summed E-state index contributed by atoms with van der Waals surface area (Å²) in [5, 5.41) is 22.6. The maximum absolute atomic E-state index is 12.5. The molecule has 0 atom stereocenters. The number of nitrogens with one attached hydrogen (secondary N) is 1. The highest BCUT2D eigenvalue weighted by Gasteiger charge is 2.31. The molecular weight excluding hydrogens is 291 g/mol. The van der Waals surface area contributed by atoms with Gasteiger partial charge in [-0.2, -0.15) is 13.2 Å². The van der Waals surface area contributed by atoms with Crippen LogP contribution < -0.4 is 10.2 Å². The number of nitro benzene ring substituents is 1. The lowest BCUT2D eigenvalue weighted by Gasteiger charge is -2.25. The first-order chi connectivity index (χ1) is 9.76. The van der Waals surface area contributed by atoms with Gasteiger partial charge in [0.2, 0.25) is 0 Å². The molecule has 0 bridgehead atoms. The van der Waals surface area contributed by atoms with Crippen LogP contribution in [0, 0.1) is 10.1 Å². The number of nitrogens with zero attached hydrogens (tertiary/aromatic N) is 2. The van der Waals surface area contributed by atoms with E-state index in [9.17, 15) is 23.3 Å². The zero-order valence-electron chi connectivity index (χ0n) is 11.4. The zero-order valence-corrected chi connectivity index (χ0v) is 11.4. The molecular formula is C12H16F3N3O3. The summed E-state index contributed by atoms with van der Waals surface area (Å²) in [7, 11) is 0. The van der Waals surface area contributed by atoms with E-state index in [-0.39, 0.29) is 17.9 Å². The molecule has 0 saturated heterocycles. The quantitative estimate of drug-likeness (QED) is 0.597. The smallest absolute Gasteiger partial charge is 0.395 e. The molecule has 0 fully saturated rings. The fraction of sp³-hybridized carbons (Fsp3) is 0.500. The summed E-state index contributed by atoms with van der Waals surface area (Å²) in [5.74, 6) is 0. The first-order valence-corrected chi connectivity index (χ1v) is 6.22. The molecule has 0 aliphatic heterocycles. The summed E-state index contributed by atoms with van der Waals surface area (Å²) < 4.78 is 37.6. The number of aliphatic hydroxyl groups excluding tert-OH is 1. The van der Waals surface area contributed by atoms with E-state index >= 15 is 0 Å². The first kappa shape index (κ1) is 17.0. The molecule has 6 nitrogen and oxygen atoms in total. The second kappa shape index (κ2) is 7.11. The Hall–Kier alpha value is -2.03. The van der Waals surface area contributed by atoms with Gasteiger partial charge < -0.3 is 15.3 Å². The van der Waals surface area contributed by atoms with Crippen molar-refractivity contribution in [2.75, 3.05) is 36.5 Å². The van der Waals surface area contributed by atoms with E-state index in [1.54, 1.807) is 6.92 Å². The van der Waals surface area contributed by atoms with E-state index in [1.165, 1.54) is 12.1 Å². The van der Waals surface area contributed by atoms with E-state index < -0.39 is 24.3 Å². The van der Waals surface area contributed by atoms with Gasteiger partial charge in [0, 0.05) is 36.6 Å². The molecule has 0 heterocycles. The van der Waals surface area contributed by atoms with Crippen molar-refractivity contribution >= 4 is 17.1 Å². The minimum absolute atomic E-state index is 0.0338. The van der Waals surface area contributed by atoms with Crippen LogP contribution in [0.3, 0.4) is 0 Å². The van der Waals surface area contributed by atoms with Crippen molar-refractivity contribution in [2.45, 2.75) is 13.1 Å². The second-order valence-electron chi connectivity index (χ2n) is 4.29. The summed E-state index contributed by atoms with van der Waals surface area (Å²) in [6, 6.07) is 3.69. The molecule has 1 aromatic rings. The number of anilines is 2. The Labute approximate surface area is 119 Å². The van der Waals surface area contributed by atoms with Gasteiger partial charge in [0.15, 0.2) is 0 Å². The summed E-state index contributed by atoms with van der Waals surface area (Å²) in [4.78, 5) is 11.0. The van der Waals surface area contributed by atoms with Crippen molar-refractivity contribution in [3.8, 4) is 0 Å². The topological polar surface area (TPSA) is 78.6 Å². The maximum Gasteiger partial charge on any atom is 0.405 e. The Bertz CT molecular complexity index is 494. The number of benzene rings is 1. The Balaban J connectivity index is 3.18. The van der Waals surface area contributed by atoms with Crippen molar-refractivity contribution in [1.29, 1.82) is 0 Å². The lowest BCUT2D eigenvalue weighted by molar-refractivity contribution is -0.384. The highest BCUT2D eigenvalue weighted by molar-refractivity contribution is 5.64. The van der Waals surface area contributed by atoms with Gasteiger partial charge in [-0.1, -0.05) is 0 Å². The van der Waals surface area contributed by atoms with Crippen LogP contribution in [0.4, 0.5) is 30.2 Å². The van der Waals surface area contributed by atoms with Crippen molar-refractivity contribution in [1.82, 2.24) is 0 Å². The van der Waals surface area contributed by atoms with Crippen molar-refractivity contribution in [2.24, 2.45) is 0 Å². The van der Waals surface area contributed by atoms with Crippen LogP contribution in [0.2, 0.25) is 0 Å². The zero-order chi connectivity index (χ0) is 16.0. The monoisotopic (exact) mass is 307 g/mol. The third-order valence-corrected chi connectivity index (χ3v) is 2.60. The molecule has 0 aliphatic carbocycles. The van der Waals surface area contributed by atoms with Gasteiger partial charge >= 0.3 is 6.18 Å². The number of nitro groups is 1. The van der Waals surface area contributed by atoms with E-state index in [1.807, 2.05) is 0 Å². The van der Waals surface area contributed by atoms with E-state index in [4.69, 9.17) is 5.11 Å². The third-order valence-electron chi connectivity index (χ3n) is 2.60. The van der Waals surface area contributed by atoms with E-state index in [0.717, 1.165) is 11.0 Å².